The first-order valence-corrected chi connectivity index (χ1v) is 7.11. The van der Waals surface area contributed by atoms with Gasteiger partial charge in [0, 0.05) is 37.8 Å². The number of piperazine rings is 1. The summed E-state index contributed by atoms with van der Waals surface area (Å²) >= 11 is 5.99. The van der Waals surface area contributed by atoms with Crippen molar-refractivity contribution in [2.75, 3.05) is 26.2 Å². The lowest BCUT2D eigenvalue weighted by molar-refractivity contribution is 0.161. The molecule has 1 saturated heterocycles. The minimum Gasteiger partial charge on any atom is -0.314 e. The Labute approximate surface area is 142 Å². The van der Waals surface area contributed by atoms with Crippen LogP contribution in [0.25, 0.3) is 0 Å². The Morgan fingerprint density at radius 1 is 1.19 bits per heavy atom. The minimum atomic E-state index is -0.547. The normalized spacial score (nSPS) is 16.8. The quantitative estimate of drug-likeness (QED) is 0.808. The summed E-state index contributed by atoms with van der Waals surface area (Å²) < 4.78 is 27.7. The molecule has 1 atom stereocenters. The smallest absolute Gasteiger partial charge is 0.142 e. The van der Waals surface area contributed by atoms with Gasteiger partial charge < -0.3 is 5.32 Å². The van der Waals surface area contributed by atoms with Gasteiger partial charge in [-0.05, 0) is 18.6 Å². The van der Waals surface area contributed by atoms with Crippen molar-refractivity contribution in [3.05, 3.63) is 34.4 Å². The van der Waals surface area contributed by atoms with Gasteiger partial charge in [0.25, 0.3) is 0 Å². The third-order valence-electron chi connectivity index (χ3n) is 3.57. The molecular formula is C14H21Cl3F2N2. The van der Waals surface area contributed by atoms with E-state index in [0.29, 0.717) is 5.56 Å². The van der Waals surface area contributed by atoms with Crippen LogP contribution in [0.4, 0.5) is 8.78 Å². The van der Waals surface area contributed by atoms with Crippen molar-refractivity contribution in [2.24, 2.45) is 0 Å². The molecule has 2 nitrogen and oxygen atoms in total. The van der Waals surface area contributed by atoms with Gasteiger partial charge in [0.15, 0.2) is 0 Å². The van der Waals surface area contributed by atoms with Crippen molar-refractivity contribution in [1.29, 1.82) is 0 Å². The second kappa shape index (κ2) is 9.80. The molecule has 7 heteroatoms. The van der Waals surface area contributed by atoms with Gasteiger partial charge in [0.05, 0.1) is 5.02 Å². The summed E-state index contributed by atoms with van der Waals surface area (Å²) in [4.78, 5) is 2.18. The fourth-order valence-electron chi connectivity index (χ4n) is 2.62. The lowest BCUT2D eigenvalue weighted by atomic mass is 9.99. The molecule has 0 spiro atoms. The predicted molar refractivity (Wildman–Crippen MR) is 88.0 cm³/mol. The Morgan fingerprint density at radius 2 is 1.76 bits per heavy atom. The van der Waals surface area contributed by atoms with Gasteiger partial charge in [-0.15, -0.1) is 24.8 Å². The van der Waals surface area contributed by atoms with Gasteiger partial charge in [0.2, 0.25) is 0 Å². The van der Waals surface area contributed by atoms with Crippen molar-refractivity contribution in [3.63, 3.8) is 0 Å². The number of hydrogen-bond acceptors (Lipinski definition) is 2. The van der Waals surface area contributed by atoms with Crippen LogP contribution in [0, 0.1) is 11.6 Å². The third-order valence-corrected chi connectivity index (χ3v) is 3.95. The van der Waals surface area contributed by atoms with Crippen LogP contribution in [-0.2, 0) is 0 Å². The van der Waals surface area contributed by atoms with Crippen molar-refractivity contribution in [1.82, 2.24) is 10.2 Å². The van der Waals surface area contributed by atoms with Gasteiger partial charge in [-0.1, -0.05) is 24.9 Å². The van der Waals surface area contributed by atoms with Crippen LogP contribution < -0.4 is 5.32 Å². The molecule has 1 aliphatic heterocycles. The summed E-state index contributed by atoms with van der Waals surface area (Å²) in [6.07, 6.45) is 1.68. The minimum absolute atomic E-state index is 0. The van der Waals surface area contributed by atoms with Gasteiger partial charge >= 0.3 is 0 Å². The van der Waals surface area contributed by atoms with E-state index in [1.807, 2.05) is 6.92 Å². The summed E-state index contributed by atoms with van der Waals surface area (Å²) in [7, 11) is 0. The first kappa shape index (κ1) is 20.9. The fourth-order valence-corrected chi connectivity index (χ4v) is 2.90. The van der Waals surface area contributed by atoms with Crippen LogP contribution in [-0.4, -0.2) is 31.1 Å². The number of halogens is 5. The molecule has 1 N–H and O–H groups in total. The molecule has 2 rings (SSSR count). The lowest BCUT2D eigenvalue weighted by Crippen LogP contribution is -2.45. The molecule has 1 aromatic carbocycles. The van der Waals surface area contributed by atoms with Crippen molar-refractivity contribution in [3.8, 4) is 0 Å². The highest BCUT2D eigenvalue weighted by atomic mass is 35.5. The van der Waals surface area contributed by atoms with E-state index in [9.17, 15) is 8.78 Å². The molecule has 0 aliphatic carbocycles. The summed E-state index contributed by atoms with van der Waals surface area (Å²) in [6.45, 7) is 5.44. The Bertz CT molecular complexity index is 440. The summed E-state index contributed by atoms with van der Waals surface area (Å²) in [6, 6.07) is 2.11. The topological polar surface area (TPSA) is 15.3 Å². The van der Waals surface area contributed by atoms with Gasteiger partial charge in [-0.25, -0.2) is 8.78 Å². The Morgan fingerprint density at radius 3 is 2.33 bits per heavy atom. The largest absolute Gasteiger partial charge is 0.314 e. The van der Waals surface area contributed by atoms with E-state index in [1.54, 1.807) is 0 Å². The maximum absolute atomic E-state index is 14.1. The van der Waals surface area contributed by atoms with E-state index in [2.05, 4.69) is 10.2 Å². The van der Waals surface area contributed by atoms with Gasteiger partial charge in [-0.3, -0.25) is 4.90 Å². The third kappa shape index (κ3) is 4.93. The number of rotatable bonds is 4. The molecule has 0 aromatic heterocycles. The average molecular weight is 362 g/mol. The molecule has 1 fully saturated rings. The Hall–Kier alpha value is -0.130. The van der Waals surface area contributed by atoms with Crippen LogP contribution in [0.3, 0.4) is 0 Å². The second-order valence-corrected chi connectivity index (χ2v) is 5.23. The van der Waals surface area contributed by atoms with Gasteiger partial charge in [0.1, 0.15) is 11.6 Å². The van der Waals surface area contributed by atoms with Crippen LogP contribution in [0.1, 0.15) is 31.4 Å². The average Bonchev–Trinajstić information content (AvgIpc) is 2.43. The molecule has 1 aliphatic rings. The first-order valence-electron chi connectivity index (χ1n) is 6.73. The number of benzene rings is 1. The first-order chi connectivity index (χ1) is 9.15. The zero-order valence-electron chi connectivity index (χ0n) is 11.9. The van der Waals surface area contributed by atoms with Crippen LogP contribution in [0.5, 0.6) is 0 Å². The predicted octanol–water partition coefficient (Wildman–Crippen LogP) is 4.21. The van der Waals surface area contributed by atoms with E-state index >= 15 is 0 Å². The molecule has 0 saturated carbocycles. The van der Waals surface area contributed by atoms with Crippen LogP contribution in [0.15, 0.2) is 12.1 Å². The highest BCUT2D eigenvalue weighted by molar-refractivity contribution is 6.31. The molecule has 1 heterocycles. The maximum atomic E-state index is 14.1. The molecule has 21 heavy (non-hydrogen) atoms. The standard InChI is InChI=1S/C14H19ClF2N2.2ClH/c1-2-3-12(19-8-6-18-7-9-19)13-10(16)4-5-11(17)14(13)15;;/h4-5,12,18H,2-3,6-9H2,1H3;2*1H/t12-;;/m0../s1. The zero-order valence-corrected chi connectivity index (χ0v) is 14.3. The van der Waals surface area contributed by atoms with Gasteiger partial charge in [-0.2, -0.15) is 0 Å². The molecule has 122 valence electrons. The molecule has 0 radical (unpaired) electrons. The van der Waals surface area contributed by atoms with Crippen LogP contribution in [0.2, 0.25) is 5.02 Å². The molecule has 0 bridgehead atoms. The van der Waals surface area contributed by atoms with Crippen molar-refractivity contribution < 1.29 is 8.78 Å². The SMILES string of the molecule is CCC[C@@H](c1c(F)ccc(F)c1Cl)N1CCNCC1.Cl.Cl. The van der Waals surface area contributed by atoms with E-state index in [0.717, 1.165) is 45.1 Å². The number of nitrogens with zero attached hydrogens (tertiary/aromatic N) is 1. The van der Waals surface area contributed by atoms with E-state index in [4.69, 9.17) is 11.6 Å². The molecule has 0 amide bonds. The highest BCUT2D eigenvalue weighted by Gasteiger charge is 2.27. The fraction of sp³-hybridized carbons (Fsp3) is 0.571. The summed E-state index contributed by atoms with van der Waals surface area (Å²) in [5.74, 6) is -0.960. The highest BCUT2D eigenvalue weighted by Crippen LogP contribution is 2.34. The molecule has 0 unspecified atom stereocenters. The zero-order chi connectivity index (χ0) is 13.8. The Balaban J connectivity index is 0.00000200. The molecular weight excluding hydrogens is 341 g/mol. The van der Waals surface area contributed by atoms with Crippen LogP contribution >= 0.6 is 36.4 Å². The summed E-state index contributed by atoms with van der Waals surface area (Å²) in [5, 5.41) is 3.19. The van der Waals surface area contributed by atoms with Crippen molar-refractivity contribution in [2.45, 2.75) is 25.8 Å². The monoisotopic (exact) mass is 360 g/mol. The Kier molecular flexibility index (Phi) is 9.74. The van der Waals surface area contributed by atoms with E-state index in [-0.39, 0.29) is 35.9 Å². The number of nitrogens with one attached hydrogen (secondary N) is 1. The van der Waals surface area contributed by atoms with E-state index < -0.39 is 11.6 Å². The second-order valence-electron chi connectivity index (χ2n) is 4.85. The molecule has 1 aromatic rings. The summed E-state index contributed by atoms with van der Waals surface area (Å²) in [5.41, 5.74) is 0.311. The van der Waals surface area contributed by atoms with E-state index in [1.165, 1.54) is 6.07 Å². The lowest BCUT2D eigenvalue weighted by Gasteiger charge is -2.35. The maximum Gasteiger partial charge on any atom is 0.142 e. The van der Waals surface area contributed by atoms with Crippen molar-refractivity contribution >= 4 is 36.4 Å². The number of hydrogen-bond donors (Lipinski definition) is 1.